The molecular weight excluding hydrogens is 362 g/mol. The van der Waals surface area contributed by atoms with Gasteiger partial charge < -0.3 is 9.64 Å². The lowest BCUT2D eigenvalue weighted by molar-refractivity contribution is 0.477. The summed E-state index contributed by atoms with van der Waals surface area (Å²) in [5, 5.41) is 1.73. The van der Waals surface area contributed by atoms with Crippen LogP contribution in [0.2, 0.25) is 0 Å². The normalized spacial score (nSPS) is 11.9. The smallest absolute Gasteiger partial charge is 0.151 e. The molecule has 3 heteroatoms. The highest BCUT2D eigenvalue weighted by Crippen LogP contribution is 2.50. The maximum absolute atomic E-state index is 6.10. The summed E-state index contributed by atoms with van der Waals surface area (Å²) in [5.74, 6) is 1.72. The number of thiocarbonyl (C=S) groups is 1. The fourth-order valence-electron chi connectivity index (χ4n) is 3.64. The molecule has 0 N–H and O–H groups in total. The molecule has 0 aromatic heterocycles. The molecule has 0 amide bonds. The van der Waals surface area contributed by atoms with E-state index < -0.39 is 0 Å². The molecule has 0 saturated heterocycles. The topological polar surface area (TPSA) is 12.5 Å². The van der Waals surface area contributed by atoms with Crippen molar-refractivity contribution in [3.63, 3.8) is 0 Å². The molecule has 5 rings (SSSR count). The molecular formula is C25H17NOS. The van der Waals surface area contributed by atoms with E-state index in [4.69, 9.17) is 17.0 Å². The molecule has 2 nitrogen and oxygen atoms in total. The van der Waals surface area contributed by atoms with Crippen molar-refractivity contribution >= 4 is 34.6 Å². The minimum absolute atomic E-state index is 0.858. The third-order valence-electron chi connectivity index (χ3n) is 4.96. The molecule has 0 bridgehead atoms. The zero-order valence-corrected chi connectivity index (χ0v) is 15.9. The first-order valence-corrected chi connectivity index (χ1v) is 9.63. The van der Waals surface area contributed by atoms with Gasteiger partial charge in [-0.2, -0.15) is 0 Å². The second kappa shape index (κ2) is 6.95. The molecule has 1 aliphatic heterocycles. The predicted molar refractivity (Wildman–Crippen MR) is 119 cm³/mol. The van der Waals surface area contributed by atoms with Crippen LogP contribution in [0.1, 0.15) is 5.56 Å². The molecule has 4 aromatic rings. The molecule has 1 aliphatic rings. The van der Waals surface area contributed by atoms with Gasteiger partial charge in [0, 0.05) is 11.1 Å². The third-order valence-corrected chi connectivity index (χ3v) is 5.21. The van der Waals surface area contributed by atoms with E-state index in [-0.39, 0.29) is 0 Å². The Balaban J connectivity index is 1.61. The molecule has 134 valence electrons. The van der Waals surface area contributed by atoms with Gasteiger partial charge in [0.15, 0.2) is 11.5 Å². The van der Waals surface area contributed by atoms with Crippen molar-refractivity contribution < 1.29 is 4.74 Å². The summed E-state index contributed by atoms with van der Waals surface area (Å²) in [4.78, 5) is 2.24. The quantitative estimate of drug-likeness (QED) is 0.306. The van der Waals surface area contributed by atoms with Crippen molar-refractivity contribution in [2.75, 3.05) is 4.90 Å². The summed E-state index contributed by atoms with van der Waals surface area (Å²) < 4.78 is 6.10. The monoisotopic (exact) mass is 379 g/mol. The lowest BCUT2D eigenvalue weighted by Gasteiger charge is -2.32. The molecule has 0 saturated carbocycles. The van der Waals surface area contributed by atoms with Gasteiger partial charge in [-0.05, 0) is 53.1 Å². The maximum atomic E-state index is 6.10. The van der Waals surface area contributed by atoms with Crippen LogP contribution in [0.3, 0.4) is 0 Å². The Morgan fingerprint density at radius 2 is 1.21 bits per heavy atom. The zero-order chi connectivity index (χ0) is 18.9. The third kappa shape index (κ3) is 2.77. The van der Waals surface area contributed by atoms with Crippen molar-refractivity contribution in [3.05, 3.63) is 103 Å². The van der Waals surface area contributed by atoms with E-state index in [1.807, 2.05) is 54.6 Å². The maximum Gasteiger partial charge on any atom is 0.151 e. The van der Waals surface area contributed by atoms with Crippen molar-refractivity contribution in [2.24, 2.45) is 0 Å². The van der Waals surface area contributed by atoms with E-state index >= 15 is 0 Å². The largest absolute Gasteiger partial charge is 0.453 e. The van der Waals surface area contributed by atoms with E-state index in [2.05, 4.69) is 47.4 Å². The van der Waals surface area contributed by atoms with Crippen molar-refractivity contribution in [3.8, 4) is 22.6 Å². The van der Waals surface area contributed by atoms with Gasteiger partial charge in [0.25, 0.3) is 0 Å². The van der Waals surface area contributed by atoms with Gasteiger partial charge >= 0.3 is 0 Å². The van der Waals surface area contributed by atoms with Gasteiger partial charge in [0.05, 0.1) is 11.4 Å². The van der Waals surface area contributed by atoms with Crippen molar-refractivity contribution in [2.45, 2.75) is 0 Å². The van der Waals surface area contributed by atoms with Gasteiger partial charge in [0.1, 0.15) is 0 Å². The van der Waals surface area contributed by atoms with Crippen LogP contribution in [-0.2, 0) is 0 Å². The molecule has 1 heterocycles. The van der Waals surface area contributed by atoms with Crippen molar-refractivity contribution in [1.82, 2.24) is 0 Å². The van der Waals surface area contributed by atoms with E-state index in [0.29, 0.717) is 0 Å². The number of hydrogen-bond donors (Lipinski definition) is 0. The van der Waals surface area contributed by atoms with Crippen LogP contribution in [0.4, 0.5) is 17.1 Å². The van der Waals surface area contributed by atoms with E-state index in [1.54, 1.807) is 5.37 Å². The average molecular weight is 379 g/mol. The summed E-state index contributed by atoms with van der Waals surface area (Å²) in [6, 6.07) is 33.0. The fraction of sp³-hybridized carbons (Fsp3) is 0. The van der Waals surface area contributed by atoms with E-state index in [9.17, 15) is 0 Å². The molecule has 4 aromatic carbocycles. The Bertz CT molecular complexity index is 1120. The Labute approximate surface area is 169 Å². The number of anilines is 3. The van der Waals surface area contributed by atoms with Gasteiger partial charge in [0.2, 0.25) is 0 Å². The predicted octanol–water partition coefficient (Wildman–Crippen LogP) is 7.28. The van der Waals surface area contributed by atoms with E-state index in [1.165, 1.54) is 0 Å². The van der Waals surface area contributed by atoms with Gasteiger partial charge in [-0.1, -0.05) is 72.9 Å². The molecule has 0 radical (unpaired) electrons. The number of benzene rings is 4. The van der Waals surface area contributed by atoms with Crippen LogP contribution in [-0.4, -0.2) is 5.37 Å². The first kappa shape index (κ1) is 16.7. The fourth-order valence-corrected chi connectivity index (χ4v) is 3.84. The van der Waals surface area contributed by atoms with Gasteiger partial charge in [-0.15, -0.1) is 0 Å². The minimum atomic E-state index is 0.858. The Morgan fingerprint density at radius 1 is 0.643 bits per heavy atom. The highest BCUT2D eigenvalue weighted by molar-refractivity contribution is 7.79. The Kier molecular flexibility index (Phi) is 4.15. The second-order valence-corrected chi connectivity index (χ2v) is 6.86. The highest BCUT2D eigenvalue weighted by atomic mass is 32.1. The number of ether oxygens (including phenoxy) is 1. The first-order valence-electron chi connectivity index (χ1n) is 9.16. The highest BCUT2D eigenvalue weighted by Gasteiger charge is 2.25. The SMILES string of the molecule is S=Cc1ccccc1-c1ccc(N2c3ccccc3Oc3ccccc32)cc1. The van der Waals surface area contributed by atoms with Crippen LogP contribution < -0.4 is 9.64 Å². The summed E-state index contributed by atoms with van der Waals surface area (Å²) in [6.45, 7) is 0. The van der Waals surface area contributed by atoms with Gasteiger partial charge in [-0.3, -0.25) is 0 Å². The number of para-hydroxylation sites is 4. The number of hydrogen-bond acceptors (Lipinski definition) is 3. The second-order valence-electron chi connectivity index (χ2n) is 6.62. The number of rotatable bonds is 3. The van der Waals surface area contributed by atoms with Gasteiger partial charge in [-0.25, -0.2) is 0 Å². The van der Waals surface area contributed by atoms with E-state index in [0.717, 1.165) is 45.3 Å². The van der Waals surface area contributed by atoms with Crippen LogP contribution in [0.15, 0.2) is 97.1 Å². The first-order chi connectivity index (χ1) is 13.8. The molecule has 0 unspecified atom stereocenters. The number of nitrogens with zero attached hydrogens (tertiary/aromatic N) is 1. The molecule has 0 atom stereocenters. The Hall–Kier alpha value is -3.43. The summed E-state index contributed by atoms with van der Waals surface area (Å²) in [6.07, 6.45) is 0. The van der Waals surface area contributed by atoms with Crippen LogP contribution in [0.25, 0.3) is 11.1 Å². The lowest BCUT2D eigenvalue weighted by atomic mass is 10.00. The van der Waals surface area contributed by atoms with Crippen LogP contribution in [0.5, 0.6) is 11.5 Å². The van der Waals surface area contributed by atoms with Crippen LogP contribution in [0, 0.1) is 0 Å². The molecule has 0 spiro atoms. The molecule has 0 aliphatic carbocycles. The molecule has 28 heavy (non-hydrogen) atoms. The summed E-state index contributed by atoms with van der Waals surface area (Å²) in [5.41, 5.74) is 6.52. The van der Waals surface area contributed by atoms with Crippen LogP contribution >= 0.6 is 12.2 Å². The standard InChI is InChI=1S/C25H17NOS/c28-17-19-7-1-2-8-21(19)18-13-15-20(16-14-18)26-22-9-3-5-11-24(22)27-25-12-6-4-10-23(25)26/h1-17H. The number of fused-ring (bicyclic) bond motifs is 2. The summed E-state index contributed by atoms with van der Waals surface area (Å²) in [7, 11) is 0. The Morgan fingerprint density at radius 3 is 1.86 bits per heavy atom. The van der Waals surface area contributed by atoms with Crippen molar-refractivity contribution in [1.29, 1.82) is 0 Å². The molecule has 0 fully saturated rings. The lowest BCUT2D eigenvalue weighted by Crippen LogP contribution is -2.15. The zero-order valence-electron chi connectivity index (χ0n) is 15.1. The summed E-state index contributed by atoms with van der Waals surface area (Å²) >= 11 is 5.17. The minimum Gasteiger partial charge on any atom is -0.453 e. The average Bonchev–Trinajstić information content (AvgIpc) is 2.77.